The van der Waals surface area contributed by atoms with Gasteiger partial charge in [-0.1, -0.05) is 121 Å². The largest absolute Gasteiger partial charge is 0.674 e. The van der Waals surface area contributed by atoms with Gasteiger partial charge in [-0.15, -0.1) is 0 Å². The number of benzene rings is 4. The summed E-state index contributed by atoms with van der Waals surface area (Å²) in [5, 5.41) is 35.4. The summed E-state index contributed by atoms with van der Waals surface area (Å²) >= 11 is 0. The van der Waals surface area contributed by atoms with Crippen LogP contribution in [-0.4, -0.2) is 39.8 Å². The van der Waals surface area contributed by atoms with E-state index < -0.39 is 14.7 Å². The maximum atomic E-state index is 10.1. The van der Waals surface area contributed by atoms with Gasteiger partial charge < -0.3 is 25.1 Å². The minimum Gasteiger partial charge on any atom is -0.402 e. The molecular formula is C26H25B2FO5. The summed E-state index contributed by atoms with van der Waals surface area (Å²) in [6.45, 7) is 0. The molecule has 4 aromatic rings. The Labute approximate surface area is 199 Å². The average Bonchev–Trinajstić information content (AvgIpc) is 2.84. The van der Waals surface area contributed by atoms with Crippen molar-refractivity contribution in [1.82, 2.24) is 0 Å². The first kappa shape index (κ1) is 26.7. The third-order valence-electron chi connectivity index (χ3n) is 4.50. The van der Waals surface area contributed by atoms with E-state index in [1.54, 1.807) is 0 Å². The third kappa shape index (κ3) is 9.15. The van der Waals surface area contributed by atoms with E-state index in [9.17, 15) is 4.32 Å². The number of hydrogen-bond acceptors (Lipinski definition) is 5. The minimum absolute atomic E-state index is 1.22. The second-order valence-electron chi connectivity index (χ2n) is 6.87. The molecule has 0 spiro atoms. The highest BCUT2D eigenvalue weighted by Gasteiger charge is 2.15. The van der Waals surface area contributed by atoms with E-state index in [2.05, 4.69) is 121 Å². The van der Waals surface area contributed by atoms with Crippen LogP contribution in [0.5, 0.6) is 0 Å². The van der Waals surface area contributed by atoms with Crippen molar-refractivity contribution in [2.24, 2.45) is 0 Å². The quantitative estimate of drug-likeness (QED) is 0.238. The van der Waals surface area contributed by atoms with Crippen LogP contribution in [0, 0.1) is 0 Å². The summed E-state index contributed by atoms with van der Waals surface area (Å²) in [6.07, 6.45) is 0. The van der Waals surface area contributed by atoms with Crippen LogP contribution in [0.1, 0.15) is 22.3 Å². The van der Waals surface area contributed by atoms with Crippen LogP contribution in [0.3, 0.4) is 0 Å². The highest BCUT2D eigenvalue weighted by atomic mass is 19.1. The first-order chi connectivity index (χ1) is 16.4. The molecule has 5 N–H and O–H groups in total. The summed E-state index contributed by atoms with van der Waals surface area (Å²) in [7, 11) is -4.83. The molecule has 8 heteroatoms. The Kier molecular flexibility index (Phi) is 11.5. The van der Waals surface area contributed by atoms with Crippen molar-refractivity contribution in [2.45, 2.75) is 0 Å². The molecule has 0 aliphatic heterocycles. The zero-order chi connectivity index (χ0) is 24.8. The molecule has 4 aromatic carbocycles. The molecule has 0 heterocycles. The Balaban J connectivity index is 0.000000446. The van der Waals surface area contributed by atoms with E-state index in [4.69, 9.17) is 25.1 Å². The summed E-state index contributed by atoms with van der Waals surface area (Å²) in [5.41, 5.74) is 7.40. The number of rotatable bonds is 4. The van der Waals surface area contributed by atoms with Gasteiger partial charge in [-0.05, 0) is 33.4 Å². The fraction of sp³-hybridized carbons (Fsp3) is 0. The average molecular weight is 458 g/mol. The van der Waals surface area contributed by atoms with E-state index in [0.717, 1.165) is 0 Å². The molecule has 0 bridgehead atoms. The normalized spacial score (nSPS) is 9.47. The Morgan fingerprint density at radius 3 is 0.706 bits per heavy atom. The molecule has 0 unspecified atom stereocenters. The maximum Gasteiger partial charge on any atom is 0.674 e. The van der Waals surface area contributed by atoms with E-state index in [0.29, 0.717) is 0 Å². The Morgan fingerprint density at radius 2 is 0.559 bits per heavy atom. The van der Waals surface area contributed by atoms with Gasteiger partial charge in [0.25, 0.3) is 0 Å². The first-order valence-corrected chi connectivity index (χ1v) is 10.4. The van der Waals surface area contributed by atoms with Gasteiger partial charge in [0.15, 0.2) is 0 Å². The molecule has 172 valence electrons. The van der Waals surface area contributed by atoms with Crippen LogP contribution in [0.2, 0.25) is 0 Å². The molecule has 0 aliphatic rings. The fourth-order valence-electron chi connectivity index (χ4n) is 3.33. The van der Waals surface area contributed by atoms with Crippen LogP contribution >= 0.6 is 0 Å². The molecular weight excluding hydrogens is 433 g/mol. The number of hydrogen-bond donors (Lipinski definition) is 5. The molecule has 4 rings (SSSR count). The number of halogens is 1. The summed E-state index contributed by atoms with van der Waals surface area (Å²) in [6, 6.07) is 42.6. The monoisotopic (exact) mass is 458 g/mol. The van der Waals surface area contributed by atoms with Crippen LogP contribution < -0.4 is 0 Å². The molecule has 0 saturated carbocycles. The zero-order valence-corrected chi connectivity index (χ0v) is 18.3. The van der Waals surface area contributed by atoms with Crippen molar-refractivity contribution < 1.29 is 29.4 Å². The lowest BCUT2D eigenvalue weighted by Crippen LogP contribution is -2.07. The third-order valence-corrected chi connectivity index (χ3v) is 4.50. The molecule has 0 aromatic heterocycles. The molecule has 0 radical (unpaired) electrons. The standard InChI is InChI=1S/C26H20.BFH2O2.BH3O3/c1-5-13-21(14-6-1)25(22-15-7-2-8-16-22)26(23-17-9-3-10-18-23)24-19-11-4-12-20-24;2*2-1(3)4/h1-20H;3-4H;2-4H. The second-order valence-corrected chi connectivity index (χ2v) is 6.87. The van der Waals surface area contributed by atoms with Gasteiger partial charge in [-0.2, -0.15) is 0 Å². The van der Waals surface area contributed by atoms with Gasteiger partial charge in [0, 0.05) is 0 Å². The fourth-order valence-corrected chi connectivity index (χ4v) is 3.33. The Morgan fingerprint density at radius 1 is 0.412 bits per heavy atom. The molecule has 5 nitrogen and oxygen atoms in total. The lowest BCUT2D eigenvalue weighted by molar-refractivity contribution is 0.278. The van der Waals surface area contributed by atoms with Gasteiger partial charge in [0.05, 0.1) is 0 Å². The van der Waals surface area contributed by atoms with Gasteiger partial charge in [0.1, 0.15) is 0 Å². The van der Waals surface area contributed by atoms with E-state index >= 15 is 0 Å². The van der Waals surface area contributed by atoms with Gasteiger partial charge in [-0.3, -0.25) is 4.32 Å². The molecule has 0 atom stereocenters. The second kappa shape index (κ2) is 14.6. The lowest BCUT2D eigenvalue weighted by atomic mass is 9.86. The lowest BCUT2D eigenvalue weighted by Gasteiger charge is -2.18. The topological polar surface area (TPSA) is 101 Å². The van der Waals surface area contributed by atoms with Crippen molar-refractivity contribution >= 4 is 25.9 Å². The summed E-state index contributed by atoms with van der Waals surface area (Å²) in [4.78, 5) is 0. The molecule has 0 fully saturated rings. The predicted octanol–water partition coefficient (Wildman–Crippen LogP) is 3.57. The molecule has 0 aliphatic carbocycles. The Bertz CT molecular complexity index is 932. The highest BCUT2D eigenvalue weighted by molar-refractivity contribution is 6.31. The van der Waals surface area contributed by atoms with Gasteiger partial charge in [-0.25, -0.2) is 0 Å². The SMILES string of the molecule is OB(O)F.OB(O)O.c1ccc(C(=C(c2ccccc2)c2ccccc2)c2ccccc2)cc1. The van der Waals surface area contributed by atoms with Gasteiger partial charge >= 0.3 is 14.7 Å². The first-order valence-electron chi connectivity index (χ1n) is 10.4. The maximum absolute atomic E-state index is 10.1. The van der Waals surface area contributed by atoms with Crippen molar-refractivity contribution in [3.63, 3.8) is 0 Å². The minimum atomic E-state index is -2.67. The Hall–Kier alpha value is -3.52. The van der Waals surface area contributed by atoms with E-state index in [1.165, 1.54) is 33.4 Å². The van der Waals surface area contributed by atoms with Crippen molar-refractivity contribution in [1.29, 1.82) is 0 Å². The van der Waals surface area contributed by atoms with Crippen molar-refractivity contribution in [2.75, 3.05) is 0 Å². The van der Waals surface area contributed by atoms with Crippen LogP contribution in [-0.2, 0) is 0 Å². The highest BCUT2D eigenvalue weighted by Crippen LogP contribution is 2.36. The summed E-state index contributed by atoms with van der Waals surface area (Å²) in [5.74, 6) is 0. The smallest absolute Gasteiger partial charge is 0.402 e. The van der Waals surface area contributed by atoms with E-state index in [-0.39, 0.29) is 0 Å². The molecule has 0 saturated heterocycles. The van der Waals surface area contributed by atoms with Crippen LogP contribution in [0.15, 0.2) is 121 Å². The van der Waals surface area contributed by atoms with Gasteiger partial charge in [0.2, 0.25) is 0 Å². The molecule has 34 heavy (non-hydrogen) atoms. The van der Waals surface area contributed by atoms with Crippen molar-refractivity contribution in [3.8, 4) is 0 Å². The predicted molar refractivity (Wildman–Crippen MR) is 134 cm³/mol. The van der Waals surface area contributed by atoms with Crippen molar-refractivity contribution in [3.05, 3.63) is 144 Å². The van der Waals surface area contributed by atoms with Crippen LogP contribution in [0.25, 0.3) is 11.1 Å². The van der Waals surface area contributed by atoms with E-state index in [1.807, 2.05) is 0 Å². The zero-order valence-electron chi connectivity index (χ0n) is 18.3. The van der Waals surface area contributed by atoms with Crippen LogP contribution in [0.4, 0.5) is 4.32 Å². The molecule has 0 amide bonds. The summed E-state index contributed by atoms with van der Waals surface area (Å²) < 4.78 is 10.1.